The number of rotatable bonds is 2. The molecule has 0 saturated carbocycles. The van der Waals surface area contributed by atoms with E-state index in [9.17, 15) is 4.79 Å². The van der Waals surface area contributed by atoms with Crippen LogP contribution in [0.25, 0.3) is 0 Å². The van der Waals surface area contributed by atoms with Crippen LogP contribution >= 0.6 is 12.4 Å². The highest BCUT2D eigenvalue weighted by Gasteiger charge is 2.25. The molecule has 1 N–H and O–H groups in total. The number of hydrogen-bond donors (Lipinski definition) is 1. The molecule has 0 bridgehead atoms. The molecule has 88 valence electrons. The predicted octanol–water partition coefficient (Wildman–Crippen LogP) is 1.80. The number of hydrogen-bond acceptors (Lipinski definition) is 3. The maximum atomic E-state index is 10.9. The fourth-order valence-electron chi connectivity index (χ4n) is 1.97. The van der Waals surface area contributed by atoms with Crippen molar-refractivity contribution >= 4 is 24.1 Å². The minimum absolute atomic E-state index is 0. The molecule has 0 amide bonds. The minimum Gasteiger partial charge on any atom is -0.481 e. The molecule has 5 heteroatoms. The molecule has 1 unspecified atom stereocenters. The van der Waals surface area contributed by atoms with Crippen molar-refractivity contribution in [2.75, 3.05) is 18.0 Å². The smallest absolute Gasteiger partial charge is 0.308 e. The number of carboxylic acids is 1. The maximum absolute atomic E-state index is 10.9. The minimum atomic E-state index is -0.686. The van der Waals surface area contributed by atoms with E-state index >= 15 is 0 Å². The van der Waals surface area contributed by atoms with Gasteiger partial charge in [-0.05, 0) is 25.0 Å². The van der Waals surface area contributed by atoms with Crippen molar-refractivity contribution in [1.29, 1.82) is 0 Å². The molecule has 1 saturated heterocycles. The topological polar surface area (TPSA) is 53.4 Å². The van der Waals surface area contributed by atoms with Crippen molar-refractivity contribution in [3.63, 3.8) is 0 Å². The van der Waals surface area contributed by atoms with E-state index in [1.54, 1.807) is 12.4 Å². The van der Waals surface area contributed by atoms with Crippen molar-refractivity contribution in [3.05, 3.63) is 24.5 Å². The second-order valence-electron chi connectivity index (χ2n) is 3.83. The van der Waals surface area contributed by atoms with E-state index in [4.69, 9.17) is 5.11 Å². The third-order valence-corrected chi connectivity index (χ3v) is 2.80. The fraction of sp³-hybridized carbons (Fsp3) is 0.455. The first kappa shape index (κ1) is 12.8. The average molecular weight is 243 g/mol. The number of halogens is 1. The van der Waals surface area contributed by atoms with Gasteiger partial charge in [-0.2, -0.15) is 0 Å². The molecule has 2 heterocycles. The van der Waals surface area contributed by atoms with E-state index in [0.717, 1.165) is 25.1 Å². The fourth-order valence-corrected chi connectivity index (χ4v) is 1.97. The first-order valence-electron chi connectivity index (χ1n) is 5.15. The Morgan fingerprint density at radius 1 is 1.44 bits per heavy atom. The van der Waals surface area contributed by atoms with Gasteiger partial charge in [0.1, 0.15) is 0 Å². The Morgan fingerprint density at radius 3 is 2.75 bits per heavy atom. The third kappa shape index (κ3) is 2.85. The molecule has 0 aromatic carbocycles. The first-order valence-corrected chi connectivity index (χ1v) is 5.15. The number of pyridine rings is 1. The van der Waals surface area contributed by atoms with Gasteiger partial charge in [-0.15, -0.1) is 12.4 Å². The van der Waals surface area contributed by atoms with Crippen LogP contribution in [0, 0.1) is 5.92 Å². The van der Waals surface area contributed by atoms with Crippen LogP contribution < -0.4 is 4.90 Å². The van der Waals surface area contributed by atoms with Crippen LogP contribution in [-0.4, -0.2) is 29.1 Å². The molecular formula is C11H15ClN2O2. The van der Waals surface area contributed by atoms with E-state index < -0.39 is 5.97 Å². The molecule has 16 heavy (non-hydrogen) atoms. The molecule has 0 aliphatic carbocycles. The quantitative estimate of drug-likeness (QED) is 0.859. The number of carbonyl (C=O) groups is 1. The van der Waals surface area contributed by atoms with Crippen LogP contribution in [0.4, 0.5) is 5.69 Å². The normalized spacial score (nSPS) is 20.0. The van der Waals surface area contributed by atoms with E-state index in [1.165, 1.54) is 0 Å². The molecule has 1 aliphatic heterocycles. The van der Waals surface area contributed by atoms with Crippen molar-refractivity contribution in [2.24, 2.45) is 5.92 Å². The summed E-state index contributed by atoms with van der Waals surface area (Å²) in [6, 6.07) is 3.84. The van der Waals surface area contributed by atoms with Gasteiger partial charge < -0.3 is 10.0 Å². The summed E-state index contributed by atoms with van der Waals surface area (Å²) in [5.74, 6) is -0.916. The molecule has 1 aromatic heterocycles. The summed E-state index contributed by atoms with van der Waals surface area (Å²) in [7, 11) is 0. The zero-order valence-corrected chi connectivity index (χ0v) is 9.69. The molecule has 1 atom stereocenters. The zero-order chi connectivity index (χ0) is 10.7. The Kier molecular flexibility index (Phi) is 4.55. The summed E-state index contributed by atoms with van der Waals surface area (Å²) in [5, 5.41) is 8.96. The molecule has 4 nitrogen and oxygen atoms in total. The highest BCUT2D eigenvalue weighted by Crippen LogP contribution is 2.22. The van der Waals surface area contributed by atoms with Crippen molar-refractivity contribution < 1.29 is 9.90 Å². The molecule has 1 aromatic rings. The van der Waals surface area contributed by atoms with Crippen molar-refractivity contribution in [1.82, 2.24) is 4.98 Å². The number of nitrogens with zero attached hydrogens (tertiary/aromatic N) is 2. The summed E-state index contributed by atoms with van der Waals surface area (Å²) in [5.41, 5.74) is 1.07. The highest BCUT2D eigenvalue weighted by molar-refractivity contribution is 5.85. The zero-order valence-electron chi connectivity index (χ0n) is 8.87. The Labute approximate surface area is 101 Å². The van der Waals surface area contributed by atoms with E-state index in [2.05, 4.69) is 9.88 Å². The number of piperidine rings is 1. The summed E-state index contributed by atoms with van der Waals surface area (Å²) >= 11 is 0. The first-order chi connectivity index (χ1) is 7.27. The molecule has 0 spiro atoms. The van der Waals surface area contributed by atoms with Gasteiger partial charge in [-0.3, -0.25) is 9.78 Å². The number of carboxylic acid groups (broad SMARTS) is 1. The van der Waals surface area contributed by atoms with E-state index in [0.29, 0.717) is 6.54 Å². The number of aliphatic carboxylic acids is 1. The molecule has 1 fully saturated rings. The lowest BCUT2D eigenvalue weighted by Gasteiger charge is -2.32. The average Bonchev–Trinajstić information content (AvgIpc) is 2.30. The Balaban J connectivity index is 0.00000128. The van der Waals surface area contributed by atoms with Crippen molar-refractivity contribution in [2.45, 2.75) is 12.8 Å². The standard InChI is InChI=1S/C11H14N2O2.ClH/c14-11(15)9-2-1-7-13(8-9)10-3-5-12-6-4-10;/h3-6,9H,1-2,7-8H2,(H,14,15);1H. The van der Waals surface area contributed by atoms with Crippen LogP contribution in [0.3, 0.4) is 0 Å². The SMILES string of the molecule is Cl.O=C(O)C1CCCN(c2ccncc2)C1. The molecular weight excluding hydrogens is 228 g/mol. The van der Waals surface area contributed by atoms with Gasteiger partial charge in [-0.1, -0.05) is 0 Å². The van der Waals surface area contributed by atoms with Gasteiger partial charge >= 0.3 is 5.97 Å². The van der Waals surface area contributed by atoms with Gasteiger partial charge in [-0.25, -0.2) is 0 Å². The lowest BCUT2D eigenvalue weighted by molar-refractivity contribution is -0.141. The van der Waals surface area contributed by atoms with Gasteiger partial charge in [0.05, 0.1) is 5.92 Å². The van der Waals surface area contributed by atoms with Gasteiger partial charge in [0.25, 0.3) is 0 Å². The second kappa shape index (κ2) is 5.70. The molecule has 0 radical (unpaired) electrons. The van der Waals surface area contributed by atoms with Crippen LogP contribution in [0.5, 0.6) is 0 Å². The van der Waals surface area contributed by atoms with Gasteiger partial charge in [0, 0.05) is 31.2 Å². The second-order valence-corrected chi connectivity index (χ2v) is 3.83. The van der Waals surface area contributed by atoms with E-state index in [1.807, 2.05) is 12.1 Å². The third-order valence-electron chi connectivity index (χ3n) is 2.80. The summed E-state index contributed by atoms with van der Waals surface area (Å²) in [6.45, 7) is 1.55. The van der Waals surface area contributed by atoms with Crippen molar-refractivity contribution in [3.8, 4) is 0 Å². The lowest BCUT2D eigenvalue weighted by atomic mass is 9.98. The van der Waals surface area contributed by atoms with Crippen LogP contribution in [-0.2, 0) is 4.79 Å². The van der Waals surface area contributed by atoms with E-state index in [-0.39, 0.29) is 18.3 Å². The monoisotopic (exact) mass is 242 g/mol. The Morgan fingerprint density at radius 2 is 2.12 bits per heavy atom. The maximum Gasteiger partial charge on any atom is 0.308 e. The number of anilines is 1. The number of aromatic nitrogens is 1. The largest absolute Gasteiger partial charge is 0.481 e. The summed E-state index contributed by atoms with van der Waals surface area (Å²) < 4.78 is 0. The summed E-state index contributed by atoms with van der Waals surface area (Å²) in [4.78, 5) is 17.0. The summed E-state index contributed by atoms with van der Waals surface area (Å²) in [6.07, 6.45) is 5.20. The molecule has 1 aliphatic rings. The van der Waals surface area contributed by atoms with Gasteiger partial charge in [0.2, 0.25) is 0 Å². The van der Waals surface area contributed by atoms with Gasteiger partial charge in [0.15, 0.2) is 0 Å². The Bertz CT molecular complexity index is 345. The Hall–Kier alpha value is -1.29. The molecule has 2 rings (SSSR count). The predicted molar refractivity (Wildman–Crippen MR) is 64.1 cm³/mol. The highest BCUT2D eigenvalue weighted by atomic mass is 35.5. The van der Waals surface area contributed by atoms with Crippen LogP contribution in [0.15, 0.2) is 24.5 Å². The van der Waals surface area contributed by atoms with Crippen LogP contribution in [0.2, 0.25) is 0 Å². The lowest BCUT2D eigenvalue weighted by Crippen LogP contribution is -2.38. The van der Waals surface area contributed by atoms with Crippen LogP contribution in [0.1, 0.15) is 12.8 Å².